The maximum absolute atomic E-state index is 10.2. The Morgan fingerprint density at radius 1 is 1.03 bits per heavy atom. The molecule has 152 valence electrons. The lowest BCUT2D eigenvalue weighted by molar-refractivity contribution is -0.0237. The number of rotatable bonds is 1. The van der Waals surface area contributed by atoms with Gasteiger partial charge in [0.05, 0.1) is 17.8 Å². The summed E-state index contributed by atoms with van der Waals surface area (Å²) in [6, 6.07) is 6.38. The molecule has 4 aliphatic rings. The summed E-state index contributed by atoms with van der Waals surface area (Å²) in [7, 11) is 0. The summed E-state index contributed by atoms with van der Waals surface area (Å²) in [6.45, 7) is 5.05. The molecule has 0 bridgehead atoms. The zero-order chi connectivity index (χ0) is 19.8. The number of hydrogen-bond acceptors (Lipinski definition) is 2. The smallest absolute Gasteiger partial charge is 0.0736 e. The van der Waals surface area contributed by atoms with E-state index in [1.165, 1.54) is 43.2 Å². The van der Waals surface area contributed by atoms with Crippen LogP contribution in [0.25, 0.3) is 11.1 Å². The van der Waals surface area contributed by atoms with E-state index < -0.39 is 0 Å². The largest absolute Gasteiger partial charge is 0.393 e. The van der Waals surface area contributed by atoms with Crippen LogP contribution in [0.1, 0.15) is 64.4 Å². The lowest BCUT2D eigenvalue weighted by atomic mass is 9.47. The fraction of sp³-hybridized carbons (Fsp3) is 0.577. The van der Waals surface area contributed by atoms with Gasteiger partial charge in [-0.15, -0.1) is 0 Å². The van der Waals surface area contributed by atoms with Crippen molar-refractivity contribution in [3.8, 4) is 0 Å². The van der Waals surface area contributed by atoms with Gasteiger partial charge in [0.25, 0.3) is 0 Å². The Bertz CT molecular complexity index is 1030. The van der Waals surface area contributed by atoms with Crippen molar-refractivity contribution >= 4 is 11.1 Å². The fourth-order valence-electron chi connectivity index (χ4n) is 7.77. The van der Waals surface area contributed by atoms with Crippen LogP contribution in [0.15, 0.2) is 48.3 Å². The van der Waals surface area contributed by atoms with Crippen LogP contribution < -0.4 is 0 Å². The molecule has 0 amide bonds. The number of pyridine rings is 1. The number of hydrogen-bond donors (Lipinski definition) is 1. The lowest BCUT2D eigenvalue weighted by Crippen LogP contribution is -2.49. The molecule has 3 nitrogen and oxygen atoms in total. The highest BCUT2D eigenvalue weighted by Crippen LogP contribution is 2.66. The molecule has 0 saturated heterocycles. The van der Waals surface area contributed by atoms with Gasteiger partial charge in [0, 0.05) is 11.8 Å². The number of aromatic nitrogens is 2. The maximum atomic E-state index is 10.2. The van der Waals surface area contributed by atoms with Gasteiger partial charge in [0.2, 0.25) is 0 Å². The van der Waals surface area contributed by atoms with E-state index in [0.29, 0.717) is 5.41 Å². The van der Waals surface area contributed by atoms with Gasteiger partial charge in [-0.05, 0) is 91.2 Å². The summed E-state index contributed by atoms with van der Waals surface area (Å²) in [5.74, 6) is 2.29. The topological polar surface area (TPSA) is 37.5 Å². The first kappa shape index (κ1) is 17.9. The number of aliphatic hydroxyl groups is 1. The van der Waals surface area contributed by atoms with E-state index in [9.17, 15) is 5.11 Å². The molecule has 2 saturated carbocycles. The minimum atomic E-state index is -0.116. The highest BCUT2D eigenvalue weighted by Gasteiger charge is 2.56. The first-order chi connectivity index (χ1) is 14.0. The average Bonchev–Trinajstić information content (AvgIpc) is 3.29. The van der Waals surface area contributed by atoms with Crippen molar-refractivity contribution in [1.82, 2.24) is 9.61 Å². The van der Waals surface area contributed by atoms with Crippen LogP contribution in [0.4, 0.5) is 0 Å². The number of nitrogens with zero attached hydrogens (tertiary/aromatic N) is 2. The van der Waals surface area contributed by atoms with E-state index in [2.05, 4.69) is 61.7 Å². The van der Waals surface area contributed by atoms with Gasteiger partial charge in [-0.3, -0.25) is 0 Å². The minimum absolute atomic E-state index is 0.116. The van der Waals surface area contributed by atoms with E-state index in [0.717, 1.165) is 30.6 Å². The van der Waals surface area contributed by atoms with Crippen molar-refractivity contribution in [2.24, 2.45) is 28.6 Å². The predicted octanol–water partition coefficient (Wildman–Crippen LogP) is 5.65. The quantitative estimate of drug-likeness (QED) is 0.641. The summed E-state index contributed by atoms with van der Waals surface area (Å²) in [6.07, 6.45) is 17.2. The second-order valence-corrected chi connectivity index (χ2v) is 10.6. The summed E-state index contributed by atoms with van der Waals surface area (Å²) in [4.78, 5) is 0. The zero-order valence-electron chi connectivity index (χ0n) is 17.6. The van der Waals surface area contributed by atoms with Crippen LogP contribution in [-0.4, -0.2) is 20.8 Å². The van der Waals surface area contributed by atoms with Crippen molar-refractivity contribution < 1.29 is 5.11 Å². The molecule has 1 N–H and O–H groups in total. The third kappa shape index (κ3) is 2.37. The Hall–Kier alpha value is -1.87. The number of allylic oxidation sites excluding steroid dienone is 3. The third-order valence-electron chi connectivity index (χ3n) is 9.38. The van der Waals surface area contributed by atoms with Crippen molar-refractivity contribution in [2.45, 2.75) is 64.9 Å². The molecule has 4 aliphatic carbocycles. The molecule has 0 radical (unpaired) electrons. The molecule has 0 aliphatic heterocycles. The maximum Gasteiger partial charge on any atom is 0.0736 e. The van der Waals surface area contributed by atoms with Gasteiger partial charge < -0.3 is 5.11 Å². The van der Waals surface area contributed by atoms with Gasteiger partial charge in [0.15, 0.2) is 0 Å². The van der Waals surface area contributed by atoms with Crippen molar-refractivity contribution in [2.75, 3.05) is 0 Å². The lowest BCUT2D eigenvalue weighted by Gasteiger charge is -2.57. The minimum Gasteiger partial charge on any atom is -0.393 e. The Kier molecular flexibility index (Phi) is 3.76. The molecule has 29 heavy (non-hydrogen) atoms. The van der Waals surface area contributed by atoms with E-state index in [-0.39, 0.29) is 11.5 Å². The summed E-state index contributed by atoms with van der Waals surface area (Å²) in [5.41, 5.74) is 6.26. The predicted molar refractivity (Wildman–Crippen MR) is 116 cm³/mol. The van der Waals surface area contributed by atoms with Crippen LogP contribution in [-0.2, 0) is 0 Å². The average molecular weight is 389 g/mol. The Balaban J connectivity index is 1.36. The Labute approximate surface area is 173 Å². The molecular formula is C26H32N2O. The SMILES string of the molecule is CC12CCC(O)CC1=CCC1C2CCC2(C)C(c3cnn4ccccc34)=CCC12. The highest BCUT2D eigenvalue weighted by atomic mass is 16.3. The van der Waals surface area contributed by atoms with E-state index >= 15 is 0 Å². The first-order valence-electron chi connectivity index (χ1n) is 11.5. The number of aliphatic hydroxyl groups excluding tert-OH is 1. The van der Waals surface area contributed by atoms with Crippen LogP contribution >= 0.6 is 0 Å². The van der Waals surface area contributed by atoms with Gasteiger partial charge in [-0.1, -0.05) is 37.6 Å². The molecule has 6 atom stereocenters. The highest BCUT2D eigenvalue weighted by molar-refractivity contribution is 5.82. The molecule has 6 unspecified atom stereocenters. The van der Waals surface area contributed by atoms with Crippen molar-refractivity contribution in [3.63, 3.8) is 0 Å². The summed E-state index contributed by atoms with van der Waals surface area (Å²) >= 11 is 0. The van der Waals surface area contributed by atoms with E-state index in [1.807, 2.05) is 4.52 Å². The summed E-state index contributed by atoms with van der Waals surface area (Å²) in [5, 5.41) is 14.8. The number of fused-ring (bicyclic) bond motifs is 6. The van der Waals surface area contributed by atoms with Crippen LogP contribution in [0.5, 0.6) is 0 Å². The van der Waals surface area contributed by atoms with Crippen molar-refractivity contribution in [3.05, 3.63) is 53.9 Å². The molecule has 3 heteroatoms. The van der Waals surface area contributed by atoms with Gasteiger partial charge >= 0.3 is 0 Å². The Morgan fingerprint density at radius 2 is 1.90 bits per heavy atom. The summed E-state index contributed by atoms with van der Waals surface area (Å²) < 4.78 is 2.02. The zero-order valence-corrected chi connectivity index (χ0v) is 17.6. The molecule has 6 rings (SSSR count). The van der Waals surface area contributed by atoms with Gasteiger partial charge in [0.1, 0.15) is 0 Å². The molecule has 2 aromatic rings. The molecule has 2 fully saturated rings. The Morgan fingerprint density at radius 3 is 2.79 bits per heavy atom. The second-order valence-electron chi connectivity index (χ2n) is 10.6. The normalized spacial score (nSPS) is 41.3. The van der Waals surface area contributed by atoms with Gasteiger partial charge in [-0.25, -0.2) is 4.52 Å². The first-order valence-corrected chi connectivity index (χ1v) is 11.5. The standard InChI is InChI=1S/C26H32N2O/c1-25-12-10-18(29)15-17(25)6-7-19-21-8-9-22(26(21,2)13-11-23(19)25)20-16-27-28-14-4-3-5-24(20)28/h3-6,9,14,16,18-19,21,23,29H,7-8,10-13,15H2,1-2H3. The van der Waals surface area contributed by atoms with Crippen molar-refractivity contribution in [1.29, 1.82) is 0 Å². The monoisotopic (exact) mass is 388 g/mol. The second kappa shape index (κ2) is 6.07. The van der Waals surface area contributed by atoms with Gasteiger partial charge in [-0.2, -0.15) is 5.10 Å². The third-order valence-corrected chi connectivity index (χ3v) is 9.38. The fourth-order valence-corrected chi connectivity index (χ4v) is 7.77. The molecular weight excluding hydrogens is 356 g/mol. The molecule has 0 spiro atoms. The molecule has 0 aromatic carbocycles. The van der Waals surface area contributed by atoms with E-state index in [4.69, 9.17) is 0 Å². The van der Waals surface area contributed by atoms with Crippen LogP contribution in [0.2, 0.25) is 0 Å². The molecule has 2 heterocycles. The van der Waals surface area contributed by atoms with Crippen LogP contribution in [0, 0.1) is 28.6 Å². The molecule has 2 aromatic heterocycles. The van der Waals surface area contributed by atoms with E-state index in [1.54, 1.807) is 11.1 Å². The van der Waals surface area contributed by atoms with Crippen LogP contribution in [0.3, 0.4) is 0 Å².